The summed E-state index contributed by atoms with van der Waals surface area (Å²) in [5.41, 5.74) is 1.26. The van der Waals surface area contributed by atoms with Gasteiger partial charge in [0.2, 0.25) is 15.9 Å². The van der Waals surface area contributed by atoms with E-state index in [4.69, 9.17) is 0 Å². The van der Waals surface area contributed by atoms with Gasteiger partial charge in [-0.3, -0.25) is 4.79 Å². The summed E-state index contributed by atoms with van der Waals surface area (Å²) in [6, 6.07) is 7.04. The number of carbonyl (C=O) groups is 1. The first kappa shape index (κ1) is 22.0. The number of ether oxygens (including phenoxy) is 1. The molecule has 1 aliphatic carbocycles. The summed E-state index contributed by atoms with van der Waals surface area (Å²) in [6.45, 7) is 0.209. The van der Waals surface area contributed by atoms with Gasteiger partial charge in [-0.15, -0.1) is 0 Å². The van der Waals surface area contributed by atoms with Gasteiger partial charge in [-0.1, -0.05) is 6.07 Å². The SMILES string of the molecule is Cc1ccc(S(=O)(=O)NC2CC2)cc1C(=O)NCc1ccnc(OCC(F)(F)F)c1. The summed E-state index contributed by atoms with van der Waals surface area (Å²) in [5.74, 6) is -0.722. The molecule has 2 aromatic rings. The minimum atomic E-state index is -4.48. The lowest BCUT2D eigenvalue weighted by molar-refractivity contribution is -0.154. The molecule has 1 amide bonds. The van der Waals surface area contributed by atoms with Gasteiger partial charge < -0.3 is 10.1 Å². The van der Waals surface area contributed by atoms with E-state index in [1.165, 1.54) is 30.5 Å². The van der Waals surface area contributed by atoms with E-state index < -0.39 is 28.7 Å². The summed E-state index contributed by atoms with van der Waals surface area (Å²) < 4.78 is 68.7. The number of benzene rings is 1. The Kier molecular flexibility index (Phi) is 6.32. The maximum Gasteiger partial charge on any atom is 0.422 e. The van der Waals surface area contributed by atoms with Crippen LogP contribution >= 0.6 is 0 Å². The van der Waals surface area contributed by atoms with Gasteiger partial charge in [0.05, 0.1) is 4.90 Å². The van der Waals surface area contributed by atoms with Crippen LogP contribution in [-0.2, 0) is 16.6 Å². The van der Waals surface area contributed by atoms with E-state index >= 15 is 0 Å². The minimum Gasteiger partial charge on any atom is -0.468 e. The van der Waals surface area contributed by atoms with Crippen LogP contribution in [0, 0.1) is 6.92 Å². The summed E-state index contributed by atoms with van der Waals surface area (Å²) in [4.78, 5) is 16.3. The number of sulfonamides is 1. The topological polar surface area (TPSA) is 97.4 Å². The molecule has 11 heteroatoms. The molecule has 0 unspecified atom stereocenters. The van der Waals surface area contributed by atoms with E-state index in [1.54, 1.807) is 13.0 Å². The molecule has 3 rings (SSSR count). The Morgan fingerprint density at radius 1 is 1.23 bits per heavy atom. The number of aryl methyl sites for hydroxylation is 1. The Labute approximate surface area is 171 Å². The molecule has 0 radical (unpaired) electrons. The number of hydrogen-bond acceptors (Lipinski definition) is 5. The largest absolute Gasteiger partial charge is 0.468 e. The smallest absolute Gasteiger partial charge is 0.422 e. The van der Waals surface area contributed by atoms with E-state index in [-0.39, 0.29) is 28.9 Å². The van der Waals surface area contributed by atoms with E-state index in [0.29, 0.717) is 11.1 Å². The second kappa shape index (κ2) is 8.60. The van der Waals surface area contributed by atoms with Gasteiger partial charge in [0.1, 0.15) is 0 Å². The van der Waals surface area contributed by atoms with Gasteiger partial charge in [-0.2, -0.15) is 13.2 Å². The molecule has 1 fully saturated rings. The van der Waals surface area contributed by atoms with E-state index in [1.807, 2.05) is 0 Å². The van der Waals surface area contributed by atoms with Crippen LogP contribution in [0.3, 0.4) is 0 Å². The molecule has 7 nitrogen and oxygen atoms in total. The van der Waals surface area contributed by atoms with Crippen LogP contribution in [0.25, 0.3) is 0 Å². The number of aromatic nitrogens is 1. The van der Waals surface area contributed by atoms with Crippen molar-refractivity contribution in [2.75, 3.05) is 6.61 Å². The lowest BCUT2D eigenvalue weighted by Crippen LogP contribution is -2.27. The molecule has 162 valence electrons. The Morgan fingerprint density at radius 3 is 2.63 bits per heavy atom. The molecule has 1 saturated carbocycles. The molecule has 1 aromatic heterocycles. The zero-order chi connectivity index (χ0) is 21.9. The summed E-state index contributed by atoms with van der Waals surface area (Å²) in [7, 11) is -3.71. The standard InChI is InChI=1S/C19H20F3N3O4S/c1-12-2-5-15(30(27,28)25-14-3-4-14)9-16(12)18(26)24-10-13-6-7-23-17(8-13)29-11-19(20,21)22/h2,5-9,14,25H,3-4,10-11H2,1H3,(H,24,26). The summed E-state index contributed by atoms with van der Waals surface area (Å²) >= 11 is 0. The molecule has 0 atom stereocenters. The highest BCUT2D eigenvalue weighted by Gasteiger charge is 2.29. The number of carbonyl (C=O) groups excluding carboxylic acids is 1. The number of nitrogens with zero attached hydrogens (tertiary/aromatic N) is 1. The number of amides is 1. The van der Waals surface area contributed by atoms with Gasteiger partial charge in [0, 0.05) is 30.4 Å². The van der Waals surface area contributed by atoms with Crippen molar-refractivity contribution < 1.29 is 31.1 Å². The molecular formula is C19H20F3N3O4S. The third-order valence-corrected chi connectivity index (χ3v) is 5.82. The minimum absolute atomic E-state index is 0.000469. The first-order chi connectivity index (χ1) is 14.0. The molecule has 0 bridgehead atoms. The predicted octanol–water partition coefficient (Wildman–Crippen LogP) is 2.70. The number of hydrogen-bond donors (Lipinski definition) is 2. The fraction of sp³-hybridized carbons (Fsp3) is 0.368. The van der Waals surface area contributed by atoms with Crippen LogP contribution in [0.1, 0.15) is 34.3 Å². The van der Waals surface area contributed by atoms with Crippen LogP contribution in [-0.4, -0.2) is 38.1 Å². The lowest BCUT2D eigenvalue weighted by Gasteiger charge is -2.12. The van der Waals surface area contributed by atoms with Crippen LogP contribution < -0.4 is 14.8 Å². The van der Waals surface area contributed by atoms with Crippen molar-refractivity contribution in [3.05, 3.63) is 53.2 Å². The highest BCUT2D eigenvalue weighted by Crippen LogP contribution is 2.23. The third kappa shape index (κ3) is 6.17. The molecule has 1 heterocycles. The monoisotopic (exact) mass is 443 g/mol. The van der Waals surface area contributed by atoms with E-state index in [9.17, 15) is 26.4 Å². The van der Waals surface area contributed by atoms with Gasteiger partial charge in [-0.05, 0) is 49.1 Å². The quantitative estimate of drug-likeness (QED) is 0.654. The fourth-order valence-corrected chi connectivity index (χ4v) is 3.91. The van der Waals surface area contributed by atoms with Crippen LogP contribution in [0.5, 0.6) is 5.88 Å². The molecule has 1 aromatic carbocycles. The zero-order valence-corrected chi connectivity index (χ0v) is 16.8. The average molecular weight is 443 g/mol. The van der Waals surface area contributed by atoms with Crippen molar-refractivity contribution in [3.8, 4) is 5.88 Å². The summed E-state index contributed by atoms with van der Waals surface area (Å²) in [5, 5.41) is 2.63. The molecule has 0 aliphatic heterocycles. The first-order valence-electron chi connectivity index (χ1n) is 9.09. The zero-order valence-electron chi connectivity index (χ0n) is 16.0. The molecular weight excluding hydrogens is 423 g/mol. The lowest BCUT2D eigenvalue weighted by atomic mass is 10.1. The van der Waals surface area contributed by atoms with Crippen molar-refractivity contribution in [3.63, 3.8) is 0 Å². The third-order valence-electron chi connectivity index (χ3n) is 4.30. The van der Waals surface area contributed by atoms with Crippen LogP contribution in [0.15, 0.2) is 41.4 Å². The van der Waals surface area contributed by atoms with Crippen molar-refractivity contribution >= 4 is 15.9 Å². The maximum absolute atomic E-state index is 12.6. The molecule has 0 saturated heterocycles. The molecule has 2 N–H and O–H groups in total. The number of alkyl halides is 3. The van der Waals surface area contributed by atoms with Crippen LogP contribution in [0.2, 0.25) is 0 Å². The summed E-state index contributed by atoms with van der Waals surface area (Å²) in [6.07, 6.45) is -1.63. The molecule has 1 aliphatic rings. The number of halogens is 3. The Balaban J connectivity index is 1.67. The van der Waals surface area contributed by atoms with Crippen molar-refractivity contribution in [1.29, 1.82) is 0 Å². The first-order valence-corrected chi connectivity index (χ1v) is 10.6. The number of pyridine rings is 1. The number of nitrogens with one attached hydrogen (secondary N) is 2. The van der Waals surface area contributed by atoms with E-state index in [2.05, 4.69) is 19.8 Å². The predicted molar refractivity (Wildman–Crippen MR) is 101 cm³/mol. The second-order valence-corrected chi connectivity index (χ2v) is 8.68. The van der Waals surface area contributed by atoms with Crippen molar-refractivity contribution in [2.24, 2.45) is 0 Å². The molecule has 0 spiro atoms. The number of rotatable bonds is 8. The van der Waals surface area contributed by atoms with Crippen LogP contribution in [0.4, 0.5) is 13.2 Å². The highest BCUT2D eigenvalue weighted by molar-refractivity contribution is 7.89. The van der Waals surface area contributed by atoms with Gasteiger partial charge in [0.15, 0.2) is 6.61 Å². The van der Waals surface area contributed by atoms with Gasteiger partial charge in [-0.25, -0.2) is 18.1 Å². The van der Waals surface area contributed by atoms with Crippen molar-refractivity contribution in [2.45, 2.75) is 43.4 Å². The fourth-order valence-electron chi connectivity index (χ4n) is 2.57. The van der Waals surface area contributed by atoms with E-state index in [0.717, 1.165) is 12.8 Å². The van der Waals surface area contributed by atoms with Crippen molar-refractivity contribution in [1.82, 2.24) is 15.0 Å². The second-order valence-electron chi connectivity index (χ2n) is 6.96. The average Bonchev–Trinajstić information content (AvgIpc) is 3.48. The van der Waals surface area contributed by atoms with Gasteiger partial charge in [0.25, 0.3) is 5.91 Å². The molecule has 30 heavy (non-hydrogen) atoms. The van der Waals surface area contributed by atoms with Gasteiger partial charge >= 0.3 is 6.18 Å². The Hall–Kier alpha value is -2.66. The Bertz CT molecular complexity index is 1040. The maximum atomic E-state index is 12.6. The highest BCUT2D eigenvalue weighted by atomic mass is 32.2. The Morgan fingerprint density at radius 2 is 1.97 bits per heavy atom. The normalized spacial score (nSPS) is 14.4.